The van der Waals surface area contributed by atoms with Gasteiger partial charge < -0.3 is 14.8 Å². The molecule has 0 bridgehead atoms. The highest BCUT2D eigenvalue weighted by Crippen LogP contribution is 2.29. The Labute approximate surface area is 158 Å². The van der Waals surface area contributed by atoms with Gasteiger partial charge in [-0.05, 0) is 36.2 Å². The molecule has 0 aliphatic carbocycles. The molecule has 0 fully saturated rings. The molecular formula is C22H20N2O3. The summed E-state index contributed by atoms with van der Waals surface area (Å²) in [5.74, 6) is 1.88. The molecule has 2 heterocycles. The Morgan fingerprint density at radius 3 is 2.81 bits per heavy atom. The van der Waals surface area contributed by atoms with Crippen LogP contribution >= 0.6 is 0 Å². The van der Waals surface area contributed by atoms with Crippen LogP contribution in [0.1, 0.15) is 16.7 Å². The molecule has 1 aliphatic heterocycles. The van der Waals surface area contributed by atoms with E-state index < -0.39 is 6.10 Å². The summed E-state index contributed by atoms with van der Waals surface area (Å²) in [5.41, 5.74) is 2.89. The highest BCUT2D eigenvalue weighted by molar-refractivity contribution is 5.82. The van der Waals surface area contributed by atoms with E-state index in [0.717, 1.165) is 28.2 Å². The van der Waals surface area contributed by atoms with E-state index in [4.69, 9.17) is 9.47 Å². The number of benzene rings is 2. The van der Waals surface area contributed by atoms with Gasteiger partial charge in [-0.3, -0.25) is 4.79 Å². The van der Waals surface area contributed by atoms with Gasteiger partial charge in [-0.25, -0.2) is 4.98 Å². The Bertz CT molecular complexity index is 946. The zero-order valence-electron chi connectivity index (χ0n) is 15.0. The fraction of sp³-hybridized carbons (Fsp3) is 0.182. The van der Waals surface area contributed by atoms with Gasteiger partial charge in [0.05, 0.1) is 0 Å². The molecule has 3 aromatic rings. The summed E-state index contributed by atoms with van der Waals surface area (Å²) < 4.78 is 11.7. The third-order valence-corrected chi connectivity index (χ3v) is 4.54. The Morgan fingerprint density at radius 2 is 1.96 bits per heavy atom. The van der Waals surface area contributed by atoms with Crippen molar-refractivity contribution in [2.24, 2.45) is 0 Å². The third kappa shape index (κ3) is 3.77. The number of aromatic nitrogens is 1. The summed E-state index contributed by atoms with van der Waals surface area (Å²) >= 11 is 0. The number of aryl methyl sites for hydroxylation is 1. The molecule has 0 radical (unpaired) electrons. The number of fused-ring (bicyclic) bond motifs is 1. The highest BCUT2D eigenvalue weighted by Gasteiger charge is 2.28. The maximum Gasteiger partial charge on any atom is 0.261 e. The quantitative estimate of drug-likeness (QED) is 0.752. The molecule has 1 N–H and O–H groups in total. The van der Waals surface area contributed by atoms with Gasteiger partial charge in [0.15, 0.2) is 6.10 Å². The molecule has 1 atom stereocenters. The first-order valence-electron chi connectivity index (χ1n) is 8.90. The lowest BCUT2D eigenvalue weighted by molar-refractivity contribution is -0.127. The molecule has 2 aromatic carbocycles. The van der Waals surface area contributed by atoms with Crippen molar-refractivity contribution < 1.29 is 14.3 Å². The smallest absolute Gasteiger partial charge is 0.261 e. The average molecular weight is 360 g/mol. The van der Waals surface area contributed by atoms with E-state index in [9.17, 15) is 4.79 Å². The molecule has 1 amide bonds. The summed E-state index contributed by atoms with van der Waals surface area (Å²) in [6.07, 6.45) is 1.76. The van der Waals surface area contributed by atoms with Gasteiger partial charge in [-0.15, -0.1) is 0 Å². The van der Waals surface area contributed by atoms with Gasteiger partial charge in [-0.1, -0.05) is 42.5 Å². The highest BCUT2D eigenvalue weighted by atomic mass is 16.5. The topological polar surface area (TPSA) is 60.5 Å². The SMILES string of the molecule is Cc1ccccc1Oc1ncccc1CNC(=O)[C@H]1Cc2ccccc2O1. The molecule has 0 unspecified atom stereocenters. The van der Waals surface area contributed by atoms with Gasteiger partial charge in [0.1, 0.15) is 11.5 Å². The number of rotatable bonds is 5. The van der Waals surface area contributed by atoms with Crippen LogP contribution in [-0.2, 0) is 17.8 Å². The lowest BCUT2D eigenvalue weighted by Gasteiger charge is -2.14. The van der Waals surface area contributed by atoms with Crippen molar-refractivity contribution in [3.05, 3.63) is 83.6 Å². The molecule has 1 aromatic heterocycles. The monoisotopic (exact) mass is 360 g/mol. The van der Waals surface area contributed by atoms with Crippen LogP contribution in [0.15, 0.2) is 66.9 Å². The lowest BCUT2D eigenvalue weighted by atomic mass is 10.1. The van der Waals surface area contributed by atoms with Crippen LogP contribution in [0.3, 0.4) is 0 Å². The fourth-order valence-electron chi connectivity index (χ4n) is 3.05. The number of ether oxygens (including phenoxy) is 2. The van der Waals surface area contributed by atoms with Crippen LogP contribution in [0.5, 0.6) is 17.4 Å². The van der Waals surface area contributed by atoms with E-state index in [1.165, 1.54) is 0 Å². The van der Waals surface area contributed by atoms with Crippen LogP contribution in [0.4, 0.5) is 0 Å². The standard InChI is InChI=1S/C22H20N2O3/c1-15-7-2-4-10-18(15)27-22-17(9-6-12-23-22)14-24-21(25)20-13-16-8-3-5-11-19(16)26-20/h2-12,20H,13-14H2,1H3,(H,24,25)/t20-/m1/s1. The molecule has 136 valence electrons. The maximum atomic E-state index is 12.5. The Kier molecular flexibility index (Phi) is 4.75. The van der Waals surface area contributed by atoms with Crippen molar-refractivity contribution in [2.75, 3.05) is 0 Å². The fourth-order valence-corrected chi connectivity index (χ4v) is 3.05. The molecular weight excluding hydrogens is 340 g/mol. The van der Waals surface area contributed by atoms with E-state index in [2.05, 4.69) is 10.3 Å². The Hall–Kier alpha value is -3.34. The van der Waals surface area contributed by atoms with E-state index in [1.54, 1.807) is 6.20 Å². The van der Waals surface area contributed by atoms with Gasteiger partial charge in [-0.2, -0.15) is 0 Å². The van der Waals surface area contributed by atoms with Crippen LogP contribution in [0.2, 0.25) is 0 Å². The Balaban J connectivity index is 1.42. The summed E-state index contributed by atoms with van der Waals surface area (Å²) in [5, 5.41) is 2.93. The molecule has 0 spiro atoms. The van der Waals surface area contributed by atoms with Gasteiger partial charge >= 0.3 is 0 Å². The van der Waals surface area contributed by atoms with E-state index in [1.807, 2.05) is 67.6 Å². The molecule has 0 saturated heterocycles. The van der Waals surface area contributed by atoms with Crippen molar-refractivity contribution in [2.45, 2.75) is 26.0 Å². The summed E-state index contributed by atoms with van der Waals surface area (Å²) in [6.45, 7) is 2.30. The van der Waals surface area contributed by atoms with E-state index >= 15 is 0 Å². The summed E-state index contributed by atoms with van der Waals surface area (Å²) in [4.78, 5) is 16.8. The number of hydrogen-bond acceptors (Lipinski definition) is 4. The first-order valence-corrected chi connectivity index (χ1v) is 8.90. The van der Waals surface area contributed by atoms with Crippen molar-refractivity contribution in [1.82, 2.24) is 10.3 Å². The molecule has 1 aliphatic rings. The van der Waals surface area contributed by atoms with E-state index in [0.29, 0.717) is 18.8 Å². The van der Waals surface area contributed by atoms with Crippen LogP contribution in [-0.4, -0.2) is 17.0 Å². The number of carbonyl (C=O) groups is 1. The number of pyridine rings is 1. The van der Waals surface area contributed by atoms with Crippen LogP contribution in [0, 0.1) is 6.92 Å². The third-order valence-electron chi connectivity index (χ3n) is 4.54. The zero-order chi connectivity index (χ0) is 18.6. The average Bonchev–Trinajstić information content (AvgIpc) is 3.13. The van der Waals surface area contributed by atoms with E-state index in [-0.39, 0.29) is 5.91 Å². The molecule has 5 heteroatoms. The number of carbonyl (C=O) groups excluding carboxylic acids is 1. The normalized spacial score (nSPS) is 14.9. The number of nitrogens with zero attached hydrogens (tertiary/aromatic N) is 1. The van der Waals surface area contributed by atoms with Crippen LogP contribution < -0.4 is 14.8 Å². The zero-order valence-corrected chi connectivity index (χ0v) is 15.0. The predicted molar refractivity (Wildman–Crippen MR) is 102 cm³/mol. The second kappa shape index (κ2) is 7.50. The Morgan fingerprint density at radius 1 is 1.15 bits per heavy atom. The first kappa shape index (κ1) is 17.1. The number of nitrogens with one attached hydrogen (secondary N) is 1. The van der Waals surface area contributed by atoms with Crippen molar-refractivity contribution in [3.63, 3.8) is 0 Å². The minimum atomic E-state index is -0.500. The van der Waals surface area contributed by atoms with Crippen molar-refractivity contribution in [3.8, 4) is 17.4 Å². The molecule has 5 nitrogen and oxygen atoms in total. The molecule has 27 heavy (non-hydrogen) atoms. The molecule has 0 saturated carbocycles. The number of amides is 1. The summed E-state index contributed by atoms with van der Waals surface area (Å²) in [6, 6.07) is 19.2. The maximum absolute atomic E-state index is 12.5. The molecule has 4 rings (SSSR count). The van der Waals surface area contributed by atoms with Crippen LogP contribution in [0.25, 0.3) is 0 Å². The largest absolute Gasteiger partial charge is 0.480 e. The van der Waals surface area contributed by atoms with Gasteiger partial charge in [0.25, 0.3) is 5.91 Å². The van der Waals surface area contributed by atoms with Crippen molar-refractivity contribution in [1.29, 1.82) is 0 Å². The number of hydrogen-bond donors (Lipinski definition) is 1. The lowest BCUT2D eigenvalue weighted by Crippen LogP contribution is -2.37. The minimum Gasteiger partial charge on any atom is -0.480 e. The predicted octanol–water partition coefficient (Wildman–Crippen LogP) is 3.80. The first-order chi connectivity index (χ1) is 13.2. The summed E-state index contributed by atoms with van der Waals surface area (Å²) in [7, 11) is 0. The minimum absolute atomic E-state index is 0.142. The second-order valence-electron chi connectivity index (χ2n) is 6.47. The van der Waals surface area contributed by atoms with Gasteiger partial charge in [0, 0.05) is 24.7 Å². The van der Waals surface area contributed by atoms with Crippen molar-refractivity contribution >= 4 is 5.91 Å². The second-order valence-corrected chi connectivity index (χ2v) is 6.47. The van der Waals surface area contributed by atoms with Gasteiger partial charge in [0.2, 0.25) is 5.88 Å². The number of para-hydroxylation sites is 2.